The number of nitrogens with zero attached hydrogens (tertiary/aromatic N) is 1. The summed E-state index contributed by atoms with van der Waals surface area (Å²) in [5.41, 5.74) is 0. The highest BCUT2D eigenvalue weighted by Gasteiger charge is 2.42. The average Bonchev–Trinajstić information content (AvgIpc) is 2.84. The minimum Gasteiger partial charge on any atom is -0.385 e. The van der Waals surface area contributed by atoms with Crippen molar-refractivity contribution in [3.05, 3.63) is 0 Å². The molecule has 0 radical (unpaired) electrons. The van der Waals surface area contributed by atoms with Crippen molar-refractivity contribution in [3.63, 3.8) is 0 Å². The summed E-state index contributed by atoms with van der Waals surface area (Å²) in [5.74, 6) is 1.85. The minimum absolute atomic E-state index is 0.836. The molecule has 2 aliphatic rings. The zero-order valence-corrected chi connectivity index (χ0v) is 10.7. The van der Waals surface area contributed by atoms with Crippen LogP contribution in [0.4, 0.5) is 0 Å². The summed E-state index contributed by atoms with van der Waals surface area (Å²) in [6.07, 6.45) is 3.81. The smallest absolute Gasteiger partial charge is 0.0462 e. The fourth-order valence-corrected chi connectivity index (χ4v) is 3.49. The molecule has 2 saturated heterocycles. The molecule has 0 bridgehead atoms. The van der Waals surface area contributed by atoms with Crippen LogP contribution in [0, 0.1) is 11.8 Å². The summed E-state index contributed by atoms with van der Waals surface area (Å²) in [5, 5.41) is 3.54. The van der Waals surface area contributed by atoms with Crippen molar-refractivity contribution in [2.24, 2.45) is 11.8 Å². The van der Waals surface area contributed by atoms with Gasteiger partial charge in [0.15, 0.2) is 0 Å². The molecule has 2 rings (SSSR count). The van der Waals surface area contributed by atoms with Crippen LogP contribution in [0.5, 0.6) is 0 Å². The monoisotopic (exact) mass is 226 g/mol. The number of unbranched alkanes of at least 4 members (excludes halogenated alkanes) is 1. The van der Waals surface area contributed by atoms with E-state index in [-0.39, 0.29) is 0 Å². The maximum Gasteiger partial charge on any atom is 0.0462 e. The molecule has 0 amide bonds. The van der Waals surface area contributed by atoms with Gasteiger partial charge in [-0.05, 0) is 50.7 Å². The Morgan fingerprint density at radius 2 is 2.19 bits per heavy atom. The van der Waals surface area contributed by atoms with Crippen molar-refractivity contribution < 1.29 is 4.74 Å². The summed E-state index contributed by atoms with van der Waals surface area (Å²) < 4.78 is 5.11. The van der Waals surface area contributed by atoms with E-state index in [9.17, 15) is 0 Å². The summed E-state index contributed by atoms with van der Waals surface area (Å²) in [6, 6.07) is 0.836. The molecule has 0 aromatic heterocycles. The van der Waals surface area contributed by atoms with Crippen molar-refractivity contribution in [1.82, 2.24) is 10.2 Å². The third-order valence-corrected chi connectivity index (χ3v) is 4.29. The van der Waals surface area contributed by atoms with Gasteiger partial charge in [-0.3, -0.25) is 4.90 Å². The second-order valence-electron chi connectivity index (χ2n) is 5.25. The van der Waals surface area contributed by atoms with E-state index in [1.807, 2.05) is 0 Å². The molecule has 2 heterocycles. The second kappa shape index (κ2) is 5.99. The molecule has 0 aliphatic carbocycles. The second-order valence-corrected chi connectivity index (χ2v) is 5.25. The number of fused-ring (bicyclic) bond motifs is 1. The molecule has 0 spiro atoms. The van der Waals surface area contributed by atoms with E-state index in [0.717, 1.165) is 24.5 Å². The van der Waals surface area contributed by atoms with Crippen LogP contribution in [0.1, 0.15) is 26.2 Å². The van der Waals surface area contributed by atoms with Crippen molar-refractivity contribution in [3.8, 4) is 0 Å². The Hall–Kier alpha value is -0.120. The quantitative estimate of drug-likeness (QED) is 0.692. The van der Waals surface area contributed by atoms with E-state index in [4.69, 9.17) is 4.74 Å². The summed E-state index contributed by atoms with van der Waals surface area (Å²) in [7, 11) is 1.79. The van der Waals surface area contributed by atoms with Crippen molar-refractivity contribution in [2.45, 2.75) is 32.2 Å². The zero-order valence-electron chi connectivity index (χ0n) is 10.7. The molecule has 0 saturated carbocycles. The van der Waals surface area contributed by atoms with Crippen molar-refractivity contribution >= 4 is 0 Å². The molecular formula is C13H26N2O. The van der Waals surface area contributed by atoms with Gasteiger partial charge in [0.1, 0.15) is 0 Å². The molecule has 3 unspecified atom stereocenters. The molecule has 2 fully saturated rings. The van der Waals surface area contributed by atoms with Crippen LogP contribution in [0.2, 0.25) is 0 Å². The predicted molar refractivity (Wildman–Crippen MR) is 66.6 cm³/mol. The van der Waals surface area contributed by atoms with Crippen LogP contribution in [0.3, 0.4) is 0 Å². The van der Waals surface area contributed by atoms with Gasteiger partial charge >= 0.3 is 0 Å². The maximum atomic E-state index is 5.11. The lowest BCUT2D eigenvalue weighted by atomic mass is 9.93. The van der Waals surface area contributed by atoms with E-state index >= 15 is 0 Å². The fourth-order valence-electron chi connectivity index (χ4n) is 3.49. The Bertz CT molecular complexity index is 210. The first-order valence-electron chi connectivity index (χ1n) is 6.80. The van der Waals surface area contributed by atoms with E-state index in [1.54, 1.807) is 7.11 Å². The SMILES string of the molecule is CCC1C2CNCC2CN1CCCCOC. The number of ether oxygens (including phenoxy) is 1. The summed E-state index contributed by atoms with van der Waals surface area (Å²) >= 11 is 0. The third kappa shape index (κ3) is 2.58. The third-order valence-electron chi connectivity index (χ3n) is 4.29. The first-order valence-corrected chi connectivity index (χ1v) is 6.80. The lowest BCUT2D eigenvalue weighted by Gasteiger charge is -2.26. The van der Waals surface area contributed by atoms with Crippen LogP contribution < -0.4 is 5.32 Å². The molecule has 16 heavy (non-hydrogen) atoms. The largest absolute Gasteiger partial charge is 0.385 e. The van der Waals surface area contributed by atoms with Crippen LogP contribution in [0.25, 0.3) is 0 Å². The number of rotatable bonds is 6. The maximum absolute atomic E-state index is 5.11. The Labute approximate surface area is 99.5 Å². The van der Waals surface area contributed by atoms with Crippen LogP contribution in [-0.4, -0.2) is 50.8 Å². The fraction of sp³-hybridized carbons (Fsp3) is 1.00. The number of methoxy groups -OCH3 is 1. The Kier molecular flexibility index (Phi) is 4.62. The van der Waals surface area contributed by atoms with Gasteiger partial charge in [0.05, 0.1) is 0 Å². The van der Waals surface area contributed by atoms with Gasteiger partial charge in [0, 0.05) is 26.3 Å². The van der Waals surface area contributed by atoms with E-state index < -0.39 is 0 Å². The molecule has 0 aromatic rings. The van der Waals surface area contributed by atoms with Crippen LogP contribution >= 0.6 is 0 Å². The van der Waals surface area contributed by atoms with Gasteiger partial charge in [-0.15, -0.1) is 0 Å². The van der Waals surface area contributed by atoms with Crippen LogP contribution in [-0.2, 0) is 4.74 Å². The highest BCUT2D eigenvalue weighted by atomic mass is 16.5. The Morgan fingerprint density at radius 3 is 2.94 bits per heavy atom. The average molecular weight is 226 g/mol. The summed E-state index contributed by atoms with van der Waals surface area (Å²) in [4.78, 5) is 2.73. The number of hydrogen-bond acceptors (Lipinski definition) is 3. The Morgan fingerprint density at radius 1 is 1.31 bits per heavy atom. The van der Waals surface area contributed by atoms with Gasteiger partial charge in [0.25, 0.3) is 0 Å². The zero-order chi connectivity index (χ0) is 11.4. The lowest BCUT2D eigenvalue weighted by Crippen LogP contribution is -2.35. The highest BCUT2D eigenvalue weighted by molar-refractivity contribution is 4.97. The molecule has 3 heteroatoms. The van der Waals surface area contributed by atoms with Gasteiger partial charge < -0.3 is 10.1 Å². The minimum atomic E-state index is 0.836. The van der Waals surface area contributed by atoms with Gasteiger partial charge in [0.2, 0.25) is 0 Å². The number of likely N-dealkylation sites (tertiary alicyclic amines) is 1. The first kappa shape index (κ1) is 12.3. The van der Waals surface area contributed by atoms with E-state index in [1.165, 1.54) is 45.4 Å². The number of nitrogens with one attached hydrogen (secondary N) is 1. The van der Waals surface area contributed by atoms with Gasteiger partial charge in [-0.1, -0.05) is 6.92 Å². The summed E-state index contributed by atoms with van der Waals surface area (Å²) in [6.45, 7) is 8.35. The molecule has 0 aromatic carbocycles. The Balaban J connectivity index is 1.76. The molecule has 1 N–H and O–H groups in total. The molecule has 94 valence electrons. The van der Waals surface area contributed by atoms with Gasteiger partial charge in [-0.25, -0.2) is 0 Å². The highest BCUT2D eigenvalue weighted by Crippen LogP contribution is 2.34. The topological polar surface area (TPSA) is 24.5 Å². The normalized spacial score (nSPS) is 34.5. The first-order chi connectivity index (χ1) is 7.86. The van der Waals surface area contributed by atoms with Gasteiger partial charge in [-0.2, -0.15) is 0 Å². The molecule has 2 aliphatic heterocycles. The van der Waals surface area contributed by atoms with Crippen molar-refractivity contribution in [1.29, 1.82) is 0 Å². The predicted octanol–water partition coefficient (Wildman–Crippen LogP) is 1.34. The van der Waals surface area contributed by atoms with Crippen molar-refractivity contribution in [2.75, 3.05) is 39.9 Å². The van der Waals surface area contributed by atoms with Crippen LogP contribution in [0.15, 0.2) is 0 Å². The van der Waals surface area contributed by atoms with E-state index in [0.29, 0.717) is 0 Å². The lowest BCUT2D eigenvalue weighted by molar-refractivity contribution is 0.174. The molecule has 3 atom stereocenters. The molecule has 3 nitrogen and oxygen atoms in total. The number of hydrogen-bond donors (Lipinski definition) is 1. The molecular weight excluding hydrogens is 200 g/mol. The van der Waals surface area contributed by atoms with E-state index in [2.05, 4.69) is 17.1 Å². The standard InChI is InChI=1S/C13H26N2O/c1-3-13-12-9-14-8-11(12)10-15(13)6-4-5-7-16-2/h11-14H,3-10H2,1-2H3.